The number of aromatic nitrogens is 4. The normalized spacial score (nSPS) is 14.3. The molecule has 1 aliphatic heterocycles. The van der Waals surface area contributed by atoms with Crippen LogP contribution in [0.3, 0.4) is 0 Å². The molecule has 1 aromatic carbocycles. The Morgan fingerprint density at radius 2 is 1.72 bits per heavy atom. The molecule has 3 aromatic heterocycles. The van der Waals surface area contributed by atoms with E-state index >= 15 is 8.78 Å². The van der Waals surface area contributed by atoms with Gasteiger partial charge in [-0.1, -0.05) is 0 Å². The number of rotatable bonds is 7. The van der Waals surface area contributed by atoms with E-state index < -0.39 is 17.2 Å². The van der Waals surface area contributed by atoms with Crippen molar-refractivity contribution in [2.45, 2.75) is 51.6 Å². The number of nitrogens with zero attached hydrogens (tertiary/aromatic N) is 5. The first-order valence-electron chi connectivity index (χ1n) is 13.7. The van der Waals surface area contributed by atoms with Crippen LogP contribution in [0, 0.1) is 11.6 Å². The maximum absolute atomic E-state index is 15.2. The Morgan fingerprint density at radius 3 is 2.33 bits per heavy atom. The molecular weight excluding hydrogens is 583 g/mol. The van der Waals surface area contributed by atoms with Crippen LogP contribution in [-0.4, -0.2) is 62.8 Å². The number of carbonyl (C=O) groups excluding carboxylic acids is 1. The molecule has 0 aliphatic carbocycles. The van der Waals surface area contributed by atoms with Gasteiger partial charge < -0.3 is 19.1 Å². The van der Waals surface area contributed by atoms with Gasteiger partial charge in [-0.3, -0.25) is 4.98 Å². The Balaban J connectivity index is 1.43. The molecule has 0 bridgehead atoms. The van der Waals surface area contributed by atoms with Crippen molar-refractivity contribution >= 4 is 29.5 Å². The number of fused-ring (bicyclic) bond motifs is 1. The van der Waals surface area contributed by atoms with Crippen LogP contribution >= 0.6 is 12.3 Å². The largest absolute Gasteiger partial charge is 0.494 e. The molecule has 43 heavy (non-hydrogen) atoms. The smallest absolute Gasteiger partial charge is 0.410 e. The molecule has 4 heterocycles. The van der Waals surface area contributed by atoms with E-state index in [1.807, 2.05) is 20.8 Å². The number of halogens is 3. The Hall–Kier alpha value is -4.00. The second-order valence-corrected chi connectivity index (χ2v) is 11.8. The molecule has 13 heteroatoms. The summed E-state index contributed by atoms with van der Waals surface area (Å²) in [6.07, 6.45) is 7.22. The summed E-state index contributed by atoms with van der Waals surface area (Å²) in [4.78, 5) is 27.8. The van der Waals surface area contributed by atoms with Gasteiger partial charge >= 0.3 is 6.09 Å². The molecule has 4 aromatic rings. The van der Waals surface area contributed by atoms with Crippen LogP contribution in [0.15, 0.2) is 36.9 Å². The van der Waals surface area contributed by atoms with Crippen molar-refractivity contribution in [3.05, 3.63) is 65.4 Å². The highest BCUT2D eigenvalue weighted by Crippen LogP contribution is 2.36. The van der Waals surface area contributed by atoms with E-state index in [4.69, 9.17) is 19.2 Å². The first kappa shape index (κ1) is 30.5. The number of ether oxygens (including phenoxy) is 3. The molecule has 1 fully saturated rings. The van der Waals surface area contributed by atoms with Gasteiger partial charge in [0.25, 0.3) is 0 Å². The third-order valence-corrected chi connectivity index (χ3v) is 7.74. The molecule has 1 aliphatic rings. The molecular formula is C30H32F3N5O4S. The van der Waals surface area contributed by atoms with Crippen molar-refractivity contribution in [1.29, 1.82) is 0 Å². The van der Waals surface area contributed by atoms with Crippen LogP contribution < -0.4 is 9.47 Å². The van der Waals surface area contributed by atoms with Gasteiger partial charge in [0.15, 0.2) is 41.1 Å². The Bertz CT molecular complexity index is 1620. The minimum Gasteiger partial charge on any atom is -0.494 e. The third-order valence-electron chi connectivity index (χ3n) is 7.31. The lowest BCUT2D eigenvalue weighted by Gasteiger charge is -2.33. The minimum atomic E-state index is -0.866. The molecule has 5 rings (SSSR count). The number of likely N-dealkylation sites (tertiary alicyclic amines) is 1. The number of methoxy groups -OCH3 is 2. The van der Waals surface area contributed by atoms with Crippen molar-refractivity contribution in [2.75, 3.05) is 27.3 Å². The van der Waals surface area contributed by atoms with Gasteiger partial charge in [-0.05, 0) is 45.2 Å². The van der Waals surface area contributed by atoms with E-state index in [1.165, 1.54) is 24.4 Å². The average Bonchev–Trinajstić information content (AvgIpc) is 3.35. The zero-order valence-corrected chi connectivity index (χ0v) is 25.3. The summed E-state index contributed by atoms with van der Waals surface area (Å²) in [6, 6.07) is 2.90. The zero-order chi connectivity index (χ0) is 30.9. The Labute approximate surface area is 251 Å². The van der Waals surface area contributed by atoms with E-state index in [1.54, 1.807) is 29.6 Å². The molecule has 0 saturated carbocycles. The molecule has 0 unspecified atom stereocenters. The van der Waals surface area contributed by atoms with Crippen molar-refractivity contribution in [3.63, 3.8) is 0 Å². The lowest BCUT2D eigenvalue weighted by molar-refractivity contribution is 0.0204. The first-order valence-corrected chi connectivity index (χ1v) is 14.4. The summed E-state index contributed by atoms with van der Waals surface area (Å²) >= 11 is -0.0663. The second kappa shape index (κ2) is 12.3. The summed E-state index contributed by atoms with van der Waals surface area (Å²) in [7, 11) is 2.56. The average molecular weight is 616 g/mol. The van der Waals surface area contributed by atoms with Crippen molar-refractivity contribution < 1.29 is 31.7 Å². The van der Waals surface area contributed by atoms with Crippen LogP contribution in [0.4, 0.5) is 17.5 Å². The highest BCUT2D eigenvalue weighted by Gasteiger charge is 2.28. The number of hydrogen-bond acceptors (Lipinski definition) is 8. The van der Waals surface area contributed by atoms with E-state index in [9.17, 15) is 8.68 Å². The zero-order valence-electron chi connectivity index (χ0n) is 24.5. The number of hydrogen-bond donors (Lipinski definition) is 0. The fraction of sp³-hybridized carbons (Fsp3) is 0.400. The number of amides is 1. The van der Waals surface area contributed by atoms with Crippen LogP contribution in [0.25, 0.3) is 22.3 Å². The number of piperidine rings is 1. The molecule has 1 saturated heterocycles. The second-order valence-electron chi connectivity index (χ2n) is 11.3. The summed E-state index contributed by atoms with van der Waals surface area (Å²) < 4.78 is 61.0. The summed E-state index contributed by atoms with van der Waals surface area (Å²) in [6.45, 7) is 6.60. The van der Waals surface area contributed by atoms with Gasteiger partial charge in [-0.25, -0.2) is 27.5 Å². The quantitative estimate of drug-likeness (QED) is 0.222. The number of pyridine rings is 1. The van der Waals surface area contributed by atoms with Crippen molar-refractivity contribution in [2.24, 2.45) is 0 Å². The molecule has 0 N–H and O–H groups in total. The number of carbonyl (C=O) groups is 1. The summed E-state index contributed by atoms with van der Waals surface area (Å²) in [5, 5.41) is 0.501. The van der Waals surface area contributed by atoms with Gasteiger partial charge in [0, 0.05) is 66.6 Å². The van der Waals surface area contributed by atoms with Crippen LogP contribution in [0.5, 0.6) is 11.5 Å². The summed E-state index contributed by atoms with van der Waals surface area (Å²) in [5.74, 6) is -1.97. The van der Waals surface area contributed by atoms with Gasteiger partial charge in [0.1, 0.15) is 5.60 Å². The molecule has 228 valence electrons. The highest BCUT2D eigenvalue weighted by atomic mass is 32.2. The van der Waals surface area contributed by atoms with Crippen LogP contribution in [0.1, 0.15) is 56.4 Å². The van der Waals surface area contributed by atoms with E-state index in [-0.39, 0.29) is 47.8 Å². The SMILES string of the molecule is COc1cc(OC)c(F)c(Cc2cn(SF)c3ncc(-c4cncc(C5CCN(C(=O)OC(C)(C)C)CC5)n4)cc23)c1F. The van der Waals surface area contributed by atoms with Crippen LogP contribution in [0.2, 0.25) is 0 Å². The Kier molecular flexibility index (Phi) is 8.72. The Morgan fingerprint density at radius 1 is 1.05 bits per heavy atom. The monoisotopic (exact) mass is 615 g/mol. The van der Waals surface area contributed by atoms with E-state index in [2.05, 4.69) is 9.97 Å². The van der Waals surface area contributed by atoms with Crippen molar-refractivity contribution in [1.82, 2.24) is 23.8 Å². The van der Waals surface area contributed by atoms with E-state index in [0.29, 0.717) is 53.8 Å². The first-order chi connectivity index (χ1) is 20.5. The minimum absolute atomic E-state index is 0.0663. The molecule has 0 atom stereocenters. The van der Waals surface area contributed by atoms with Gasteiger partial charge in [-0.15, -0.1) is 3.89 Å². The topological polar surface area (TPSA) is 91.6 Å². The third kappa shape index (κ3) is 6.36. The lowest BCUT2D eigenvalue weighted by atomic mass is 9.94. The van der Waals surface area contributed by atoms with Gasteiger partial charge in [-0.2, -0.15) is 0 Å². The van der Waals surface area contributed by atoms with Crippen LogP contribution in [-0.2, 0) is 11.2 Å². The van der Waals surface area contributed by atoms with Gasteiger partial charge in [0.05, 0.1) is 31.8 Å². The predicted molar refractivity (Wildman–Crippen MR) is 157 cm³/mol. The molecule has 1 amide bonds. The molecule has 9 nitrogen and oxygen atoms in total. The van der Waals surface area contributed by atoms with Crippen molar-refractivity contribution in [3.8, 4) is 22.8 Å². The fourth-order valence-electron chi connectivity index (χ4n) is 5.16. The highest BCUT2D eigenvalue weighted by molar-refractivity contribution is 7.92. The predicted octanol–water partition coefficient (Wildman–Crippen LogP) is 6.87. The maximum Gasteiger partial charge on any atom is 0.410 e. The summed E-state index contributed by atoms with van der Waals surface area (Å²) in [5.41, 5.74) is 1.85. The standard InChI is InChI=1S/C30H32F3N5O4S/c1-30(2,3)42-29(39)37-8-6-17(7-9-37)22-14-34-15-23(36-22)18-10-20-19(16-38(43-33)28(20)35-13-18)11-21-26(31)24(40-4)12-25(41-5)27(21)32/h10,12-17H,6-9,11H2,1-5H3. The van der Waals surface area contributed by atoms with Gasteiger partial charge in [0.2, 0.25) is 0 Å². The molecule has 0 radical (unpaired) electrons. The molecule has 0 spiro atoms. The van der Waals surface area contributed by atoms with E-state index in [0.717, 1.165) is 11.8 Å². The number of benzene rings is 1. The fourth-order valence-corrected chi connectivity index (χ4v) is 5.54. The lowest BCUT2D eigenvalue weighted by Crippen LogP contribution is -2.41. The maximum atomic E-state index is 15.2.